The van der Waals surface area contributed by atoms with Crippen LogP contribution in [0.15, 0.2) is 47.2 Å². The van der Waals surface area contributed by atoms with Crippen molar-refractivity contribution in [2.24, 2.45) is 0 Å². The summed E-state index contributed by atoms with van der Waals surface area (Å²) >= 11 is 9.22. The fraction of sp³-hybridized carbons (Fsp3) is 0. The lowest BCUT2D eigenvalue weighted by atomic mass is 10.1. The van der Waals surface area contributed by atoms with Crippen LogP contribution in [0.25, 0.3) is 0 Å². The van der Waals surface area contributed by atoms with Gasteiger partial charge in [-0.15, -0.1) is 0 Å². The van der Waals surface area contributed by atoms with Crippen molar-refractivity contribution < 1.29 is 4.79 Å². The number of ketones is 1. The Bertz CT molecular complexity index is 528. The van der Waals surface area contributed by atoms with Crippen LogP contribution in [-0.2, 0) is 0 Å². The van der Waals surface area contributed by atoms with Crippen LogP contribution in [0.2, 0.25) is 5.02 Å². The number of benzene rings is 1. The van der Waals surface area contributed by atoms with Gasteiger partial charge in [-0.2, -0.15) is 0 Å². The summed E-state index contributed by atoms with van der Waals surface area (Å²) in [6.45, 7) is 0. The Labute approximate surface area is 106 Å². The average molecular weight is 297 g/mol. The van der Waals surface area contributed by atoms with Gasteiger partial charge >= 0.3 is 0 Å². The van der Waals surface area contributed by atoms with E-state index >= 15 is 0 Å². The van der Waals surface area contributed by atoms with Crippen molar-refractivity contribution in [3.05, 3.63) is 63.3 Å². The minimum Gasteiger partial charge on any atom is -0.289 e. The van der Waals surface area contributed by atoms with Crippen molar-refractivity contribution in [3.63, 3.8) is 0 Å². The summed E-state index contributed by atoms with van der Waals surface area (Å²) in [4.78, 5) is 15.9. The Morgan fingerprint density at radius 3 is 2.44 bits per heavy atom. The normalized spacial score (nSPS) is 10.1. The summed E-state index contributed by atoms with van der Waals surface area (Å²) in [6, 6.07) is 8.50. The first-order valence-corrected chi connectivity index (χ1v) is 5.75. The van der Waals surface area contributed by atoms with Crippen molar-refractivity contribution >= 4 is 33.3 Å². The van der Waals surface area contributed by atoms with Gasteiger partial charge in [-0.1, -0.05) is 11.6 Å². The molecule has 2 aromatic rings. The summed E-state index contributed by atoms with van der Waals surface area (Å²) in [5.74, 6) is -0.0585. The molecule has 0 saturated heterocycles. The van der Waals surface area contributed by atoms with Crippen LogP contribution in [0, 0.1) is 0 Å². The van der Waals surface area contributed by atoms with Gasteiger partial charge in [0.25, 0.3) is 0 Å². The molecule has 0 atom stereocenters. The van der Waals surface area contributed by atoms with Crippen molar-refractivity contribution in [2.75, 3.05) is 0 Å². The van der Waals surface area contributed by atoms with Crippen LogP contribution in [0.5, 0.6) is 0 Å². The molecule has 4 heteroatoms. The van der Waals surface area contributed by atoms with E-state index in [0.29, 0.717) is 16.1 Å². The summed E-state index contributed by atoms with van der Waals surface area (Å²) in [6.07, 6.45) is 3.18. The molecule has 2 nitrogen and oxygen atoms in total. The van der Waals surface area contributed by atoms with E-state index in [9.17, 15) is 4.79 Å². The average Bonchev–Trinajstić information content (AvgIpc) is 2.33. The van der Waals surface area contributed by atoms with Crippen molar-refractivity contribution in [1.82, 2.24) is 4.98 Å². The predicted octanol–water partition coefficient (Wildman–Crippen LogP) is 3.73. The van der Waals surface area contributed by atoms with Crippen molar-refractivity contribution in [1.29, 1.82) is 0 Å². The van der Waals surface area contributed by atoms with E-state index < -0.39 is 0 Å². The lowest BCUT2D eigenvalue weighted by molar-refractivity contribution is 0.103. The Morgan fingerprint density at radius 2 is 1.81 bits per heavy atom. The van der Waals surface area contributed by atoms with Crippen LogP contribution in [0.3, 0.4) is 0 Å². The maximum absolute atomic E-state index is 12.0. The number of carbonyl (C=O) groups is 1. The van der Waals surface area contributed by atoms with Gasteiger partial charge in [0.2, 0.25) is 0 Å². The van der Waals surface area contributed by atoms with Crippen molar-refractivity contribution in [2.45, 2.75) is 0 Å². The predicted molar refractivity (Wildman–Crippen MR) is 66.8 cm³/mol. The van der Waals surface area contributed by atoms with E-state index in [1.54, 1.807) is 42.7 Å². The first-order chi connectivity index (χ1) is 7.68. The second-order valence-corrected chi connectivity index (χ2v) is 4.46. The zero-order valence-corrected chi connectivity index (χ0v) is 10.5. The van der Waals surface area contributed by atoms with Gasteiger partial charge in [-0.25, -0.2) is 0 Å². The Balaban J connectivity index is 2.39. The molecule has 0 spiro atoms. The quantitative estimate of drug-likeness (QED) is 0.790. The molecular formula is C12H7BrClNO. The molecule has 1 aromatic carbocycles. The Kier molecular flexibility index (Phi) is 3.36. The molecule has 2 rings (SSSR count). The molecule has 16 heavy (non-hydrogen) atoms. The summed E-state index contributed by atoms with van der Waals surface area (Å²) < 4.78 is 0.778. The third kappa shape index (κ3) is 2.31. The SMILES string of the molecule is O=C(c1ccncc1)c1ccc(Br)c(Cl)c1. The highest BCUT2D eigenvalue weighted by molar-refractivity contribution is 9.10. The van der Waals surface area contributed by atoms with E-state index in [1.807, 2.05) is 0 Å². The number of aromatic nitrogens is 1. The second kappa shape index (κ2) is 4.76. The third-order valence-corrected chi connectivity index (χ3v) is 3.36. The summed E-state index contributed by atoms with van der Waals surface area (Å²) in [5.41, 5.74) is 1.17. The molecule has 0 radical (unpaired) electrons. The highest BCUT2D eigenvalue weighted by Gasteiger charge is 2.09. The Morgan fingerprint density at radius 1 is 1.12 bits per heavy atom. The molecule has 0 amide bonds. The lowest BCUT2D eigenvalue weighted by Crippen LogP contribution is -2.00. The first-order valence-electron chi connectivity index (χ1n) is 4.58. The molecule has 1 aromatic heterocycles. The molecule has 0 saturated carbocycles. The van der Waals surface area contributed by atoms with E-state index in [-0.39, 0.29) is 5.78 Å². The van der Waals surface area contributed by atoms with Crippen LogP contribution in [0.1, 0.15) is 15.9 Å². The number of pyridine rings is 1. The zero-order valence-electron chi connectivity index (χ0n) is 8.15. The number of rotatable bonds is 2. The number of nitrogens with zero attached hydrogens (tertiary/aromatic N) is 1. The minimum atomic E-state index is -0.0585. The highest BCUT2D eigenvalue weighted by atomic mass is 79.9. The third-order valence-electron chi connectivity index (χ3n) is 2.12. The number of halogens is 2. The van der Waals surface area contributed by atoms with Gasteiger partial charge < -0.3 is 0 Å². The fourth-order valence-corrected chi connectivity index (χ4v) is 1.73. The van der Waals surface area contributed by atoms with Crippen LogP contribution >= 0.6 is 27.5 Å². The van der Waals surface area contributed by atoms with Gasteiger partial charge in [-0.3, -0.25) is 9.78 Å². The topological polar surface area (TPSA) is 30.0 Å². The maximum atomic E-state index is 12.0. The van der Waals surface area contributed by atoms with Crippen molar-refractivity contribution in [3.8, 4) is 0 Å². The molecular weight excluding hydrogens is 289 g/mol. The number of hydrogen-bond acceptors (Lipinski definition) is 2. The van der Waals surface area contributed by atoms with E-state index in [2.05, 4.69) is 20.9 Å². The minimum absolute atomic E-state index is 0.0585. The standard InChI is InChI=1S/C12H7BrClNO/c13-10-2-1-9(7-11(10)14)12(16)8-3-5-15-6-4-8/h1-7H. The first kappa shape index (κ1) is 11.3. The molecule has 0 aliphatic rings. The molecule has 0 fully saturated rings. The summed E-state index contributed by atoms with van der Waals surface area (Å²) in [7, 11) is 0. The molecule has 0 aliphatic heterocycles. The Hall–Kier alpha value is -1.19. The lowest BCUT2D eigenvalue weighted by Gasteiger charge is -2.02. The van der Waals surface area contributed by atoms with E-state index in [4.69, 9.17) is 11.6 Å². The number of hydrogen-bond donors (Lipinski definition) is 0. The highest BCUT2D eigenvalue weighted by Crippen LogP contribution is 2.24. The summed E-state index contributed by atoms with van der Waals surface area (Å²) in [5, 5.41) is 0.528. The van der Waals surface area contributed by atoms with Crippen LogP contribution in [0.4, 0.5) is 0 Å². The monoisotopic (exact) mass is 295 g/mol. The van der Waals surface area contributed by atoms with E-state index in [0.717, 1.165) is 4.47 Å². The zero-order chi connectivity index (χ0) is 11.5. The van der Waals surface area contributed by atoms with Gasteiger partial charge in [0.05, 0.1) is 5.02 Å². The smallest absolute Gasteiger partial charge is 0.193 e. The second-order valence-electron chi connectivity index (χ2n) is 3.19. The molecule has 0 bridgehead atoms. The largest absolute Gasteiger partial charge is 0.289 e. The molecule has 0 aliphatic carbocycles. The van der Waals surface area contributed by atoms with Gasteiger partial charge in [0, 0.05) is 28.0 Å². The number of carbonyl (C=O) groups excluding carboxylic acids is 1. The molecule has 0 N–H and O–H groups in total. The molecule has 1 heterocycles. The van der Waals surface area contributed by atoms with Gasteiger partial charge in [-0.05, 0) is 46.3 Å². The molecule has 0 unspecified atom stereocenters. The van der Waals surface area contributed by atoms with Gasteiger partial charge in [0.15, 0.2) is 5.78 Å². The maximum Gasteiger partial charge on any atom is 0.193 e. The van der Waals surface area contributed by atoms with Crippen LogP contribution in [-0.4, -0.2) is 10.8 Å². The van der Waals surface area contributed by atoms with Gasteiger partial charge in [0.1, 0.15) is 0 Å². The molecule has 80 valence electrons. The van der Waals surface area contributed by atoms with Crippen LogP contribution < -0.4 is 0 Å². The van der Waals surface area contributed by atoms with E-state index in [1.165, 1.54) is 0 Å². The fourth-order valence-electron chi connectivity index (χ4n) is 1.31.